The Balaban J connectivity index is 1.58. The molecule has 1 aromatic carbocycles. The van der Waals surface area contributed by atoms with Crippen LogP contribution in [0.5, 0.6) is 0 Å². The number of nitrogens with zero attached hydrogens (tertiary/aromatic N) is 1. The highest BCUT2D eigenvalue weighted by Crippen LogP contribution is 2.36. The summed E-state index contributed by atoms with van der Waals surface area (Å²) in [4.78, 5) is 25.1. The number of fused-ring (bicyclic) bond motifs is 2. The smallest absolute Gasteiger partial charge is 0.410 e. The quantitative estimate of drug-likeness (QED) is 0.801. The molecule has 1 aliphatic carbocycles. The number of ketones is 1. The molecule has 2 unspecified atom stereocenters. The average molecular weight is 245 g/mol. The number of rotatable bonds is 2. The number of carbonyl (C=O) groups is 2. The molecule has 3 fully saturated rings. The van der Waals surface area contributed by atoms with Crippen LogP contribution in [0.25, 0.3) is 0 Å². The van der Waals surface area contributed by atoms with E-state index in [1.165, 1.54) is 0 Å². The zero-order valence-corrected chi connectivity index (χ0v) is 10.0. The highest BCUT2D eigenvalue weighted by Gasteiger charge is 2.49. The molecule has 94 valence electrons. The molecule has 4 rings (SSSR count). The minimum absolute atomic E-state index is 0.175. The van der Waals surface area contributed by atoms with Gasteiger partial charge >= 0.3 is 6.09 Å². The fourth-order valence-electron chi connectivity index (χ4n) is 2.69. The molecule has 0 spiro atoms. The summed E-state index contributed by atoms with van der Waals surface area (Å²) in [5.74, 6) is 0.175. The average Bonchev–Trinajstić information content (AvgIpc) is 2.37. The largest absolute Gasteiger partial charge is 0.445 e. The van der Waals surface area contributed by atoms with Crippen LogP contribution in [0.15, 0.2) is 30.3 Å². The molecule has 1 aromatic rings. The molecule has 18 heavy (non-hydrogen) atoms. The van der Waals surface area contributed by atoms with Gasteiger partial charge in [0.1, 0.15) is 6.61 Å². The van der Waals surface area contributed by atoms with E-state index in [9.17, 15) is 9.59 Å². The van der Waals surface area contributed by atoms with Crippen molar-refractivity contribution in [1.82, 2.24) is 4.90 Å². The lowest BCUT2D eigenvalue weighted by Gasteiger charge is -2.50. The minimum atomic E-state index is -0.354. The molecule has 2 bridgehead atoms. The number of piperidine rings is 1. The molecule has 2 saturated heterocycles. The van der Waals surface area contributed by atoms with E-state index in [-0.39, 0.29) is 30.6 Å². The molecule has 2 aliphatic heterocycles. The highest BCUT2D eigenvalue weighted by atomic mass is 16.6. The summed E-state index contributed by atoms with van der Waals surface area (Å²) in [5.41, 5.74) is 0.961. The molecule has 2 atom stereocenters. The van der Waals surface area contributed by atoms with Gasteiger partial charge in [-0.1, -0.05) is 30.3 Å². The third kappa shape index (κ3) is 1.88. The molecular weight excluding hydrogens is 230 g/mol. The summed E-state index contributed by atoms with van der Waals surface area (Å²) in [6.07, 6.45) is 1.86. The highest BCUT2D eigenvalue weighted by molar-refractivity contribution is 5.91. The van der Waals surface area contributed by atoms with E-state index < -0.39 is 0 Å². The molecule has 4 nitrogen and oxygen atoms in total. The third-order valence-electron chi connectivity index (χ3n) is 3.74. The second-order valence-electron chi connectivity index (χ2n) is 4.86. The van der Waals surface area contributed by atoms with Crippen molar-refractivity contribution in [3.63, 3.8) is 0 Å². The van der Waals surface area contributed by atoms with Crippen molar-refractivity contribution in [1.29, 1.82) is 0 Å². The van der Waals surface area contributed by atoms with E-state index >= 15 is 0 Å². The maximum Gasteiger partial charge on any atom is 0.410 e. The fourth-order valence-corrected chi connectivity index (χ4v) is 2.69. The number of ether oxygens (including phenoxy) is 1. The van der Waals surface area contributed by atoms with Gasteiger partial charge in [-0.05, 0) is 18.4 Å². The Kier molecular flexibility index (Phi) is 2.78. The maximum atomic E-state index is 11.9. The predicted molar refractivity (Wildman–Crippen MR) is 64.9 cm³/mol. The Morgan fingerprint density at radius 1 is 1.33 bits per heavy atom. The van der Waals surface area contributed by atoms with Crippen LogP contribution < -0.4 is 0 Å². The lowest BCUT2D eigenvalue weighted by Crippen LogP contribution is -2.65. The minimum Gasteiger partial charge on any atom is -0.445 e. The lowest BCUT2D eigenvalue weighted by molar-refractivity contribution is -0.137. The van der Waals surface area contributed by atoms with Crippen LogP contribution in [-0.4, -0.2) is 28.9 Å². The van der Waals surface area contributed by atoms with Gasteiger partial charge in [0.25, 0.3) is 0 Å². The number of Topliss-reactive ketones (excluding diaryl/α,β-unsaturated/α-hetero) is 1. The van der Waals surface area contributed by atoms with Crippen molar-refractivity contribution < 1.29 is 14.3 Å². The van der Waals surface area contributed by atoms with E-state index in [1.54, 1.807) is 4.90 Å². The number of hydrogen-bond acceptors (Lipinski definition) is 3. The predicted octanol–water partition coefficient (Wildman–Crippen LogP) is 2.13. The molecule has 4 heteroatoms. The number of amides is 1. The van der Waals surface area contributed by atoms with Crippen LogP contribution in [0.2, 0.25) is 0 Å². The van der Waals surface area contributed by atoms with Gasteiger partial charge in [-0.25, -0.2) is 4.79 Å². The fraction of sp³-hybridized carbons (Fsp3) is 0.429. The molecule has 2 heterocycles. The molecule has 1 amide bonds. The Labute approximate surface area is 106 Å². The van der Waals surface area contributed by atoms with Crippen LogP contribution in [0, 0.1) is 0 Å². The number of carbonyl (C=O) groups excluding carboxylic acids is 2. The van der Waals surface area contributed by atoms with Gasteiger partial charge in [-0.2, -0.15) is 0 Å². The monoisotopic (exact) mass is 245 g/mol. The Hall–Kier alpha value is -1.84. The summed E-state index contributed by atoms with van der Waals surface area (Å²) in [7, 11) is 0. The first-order valence-electron chi connectivity index (χ1n) is 6.27. The van der Waals surface area contributed by atoms with Crippen LogP contribution in [-0.2, 0) is 16.1 Å². The van der Waals surface area contributed by atoms with Gasteiger partial charge in [0.05, 0.1) is 6.04 Å². The third-order valence-corrected chi connectivity index (χ3v) is 3.74. The van der Waals surface area contributed by atoms with E-state index in [1.807, 2.05) is 30.3 Å². The summed E-state index contributed by atoms with van der Waals surface area (Å²) >= 11 is 0. The summed E-state index contributed by atoms with van der Waals surface area (Å²) < 4.78 is 5.25. The van der Waals surface area contributed by atoms with Gasteiger partial charge in [-0.3, -0.25) is 9.69 Å². The van der Waals surface area contributed by atoms with Crippen LogP contribution in [0.4, 0.5) is 4.79 Å². The molecule has 1 saturated carbocycles. The molecular formula is C14H15NO3. The van der Waals surface area contributed by atoms with E-state index in [2.05, 4.69) is 0 Å². The van der Waals surface area contributed by atoms with Gasteiger partial charge in [0.15, 0.2) is 5.78 Å². The Morgan fingerprint density at radius 2 is 2.11 bits per heavy atom. The topological polar surface area (TPSA) is 46.6 Å². The second-order valence-corrected chi connectivity index (χ2v) is 4.86. The van der Waals surface area contributed by atoms with Crippen LogP contribution >= 0.6 is 0 Å². The van der Waals surface area contributed by atoms with Crippen molar-refractivity contribution in [2.75, 3.05) is 0 Å². The zero-order chi connectivity index (χ0) is 12.5. The van der Waals surface area contributed by atoms with Crippen molar-refractivity contribution >= 4 is 11.9 Å². The molecule has 0 N–H and O–H groups in total. The normalized spacial score (nSPS) is 25.6. The van der Waals surface area contributed by atoms with Crippen molar-refractivity contribution in [3.8, 4) is 0 Å². The summed E-state index contributed by atoms with van der Waals surface area (Å²) in [5, 5.41) is 0. The van der Waals surface area contributed by atoms with Gasteiger partial charge in [0, 0.05) is 12.5 Å². The first-order chi connectivity index (χ1) is 8.75. The van der Waals surface area contributed by atoms with Gasteiger partial charge < -0.3 is 4.74 Å². The van der Waals surface area contributed by atoms with Crippen molar-refractivity contribution in [2.24, 2.45) is 0 Å². The Morgan fingerprint density at radius 3 is 2.78 bits per heavy atom. The standard InChI is InChI=1S/C14H15NO3/c16-13-7-6-11-8-12(13)15(11)14(17)18-9-10-4-2-1-3-5-10/h1-5,11-12H,6-9H2. The first kappa shape index (κ1) is 11.3. The summed E-state index contributed by atoms with van der Waals surface area (Å²) in [6.45, 7) is 0.268. The van der Waals surface area contributed by atoms with Crippen molar-refractivity contribution in [2.45, 2.75) is 38.0 Å². The zero-order valence-electron chi connectivity index (χ0n) is 10.0. The van der Waals surface area contributed by atoms with Crippen molar-refractivity contribution in [3.05, 3.63) is 35.9 Å². The number of hydrogen-bond donors (Lipinski definition) is 0. The number of benzene rings is 1. The lowest BCUT2D eigenvalue weighted by atomic mass is 9.79. The first-order valence-corrected chi connectivity index (χ1v) is 6.27. The van der Waals surface area contributed by atoms with Crippen LogP contribution in [0.1, 0.15) is 24.8 Å². The summed E-state index contributed by atoms with van der Waals surface area (Å²) in [6, 6.07) is 9.56. The van der Waals surface area contributed by atoms with E-state index in [0.717, 1.165) is 18.4 Å². The molecule has 3 aliphatic rings. The van der Waals surface area contributed by atoms with Gasteiger partial charge in [0.2, 0.25) is 0 Å². The molecule has 0 radical (unpaired) electrons. The van der Waals surface area contributed by atoms with Gasteiger partial charge in [-0.15, -0.1) is 0 Å². The van der Waals surface area contributed by atoms with Crippen LogP contribution in [0.3, 0.4) is 0 Å². The molecule has 0 aromatic heterocycles. The second kappa shape index (κ2) is 4.44. The maximum absolute atomic E-state index is 11.9. The van der Waals surface area contributed by atoms with E-state index in [0.29, 0.717) is 6.42 Å². The van der Waals surface area contributed by atoms with E-state index in [4.69, 9.17) is 4.74 Å². The SMILES string of the molecule is O=C1CCC2CC1N2C(=O)OCc1ccccc1. The Bertz CT molecular complexity index is 469.